The van der Waals surface area contributed by atoms with E-state index in [0.29, 0.717) is 13.0 Å². The van der Waals surface area contributed by atoms with Crippen LogP contribution in [0.3, 0.4) is 0 Å². The Balaban J connectivity index is 4.55. The molecule has 14 heavy (non-hydrogen) atoms. The van der Waals surface area contributed by atoms with E-state index in [2.05, 4.69) is 9.44 Å². The maximum absolute atomic E-state index is 11.3. The average Bonchev–Trinajstić information content (AvgIpc) is 2.02. The van der Waals surface area contributed by atoms with Crippen molar-refractivity contribution in [2.24, 2.45) is 11.1 Å². The molecule has 0 saturated carbocycles. The highest BCUT2D eigenvalue weighted by atomic mass is 32.2. The van der Waals surface area contributed by atoms with E-state index in [4.69, 9.17) is 5.73 Å². The second-order valence-electron chi connectivity index (χ2n) is 4.32. The zero-order valence-corrected chi connectivity index (χ0v) is 10.1. The van der Waals surface area contributed by atoms with Gasteiger partial charge in [-0.1, -0.05) is 20.8 Å². The SMILES string of the molecule is CNS(=O)(=O)NC(CCN)C(C)(C)C. The van der Waals surface area contributed by atoms with Gasteiger partial charge in [0.15, 0.2) is 0 Å². The fourth-order valence-corrected chi connectivity index (χ4v) is 2.05. The molecule has 0 aromatic heterocycles. The van der Waals surface area contributed by atoms with Crippen LogP contribution in [0.1, 0.15) is 27.2 Å². The quantitative estimate of drug-likeness (QED) is 0.603. The Hall–Kier alpha value is -0.170. The van der Waals surface area contributed by atoms with Gasteiger partial charge in [0.05, 0.1) is 0 Å². The standard InChI is InChI=1S/C8H21N3O2S/c1-8(2,3)7(5-6-9)11-14(12,13)10-4/h7,10-11H,5-6,9H2,1-4H3. The second kappa shape index (κ2) is 5.06. The van der Waals surface area contributed by atoms with Gasteiger partial charge in [-0.3, -0.25) is 0 Å². The molecule has 86 valence electrons. The molecule has 0 heterocycles. The molecule has 0 spiro atoms. The van der Waals surface area contributed by atoms with Gasteiger partial charge in [-0.05, 0) is 18.4 Å². The Kier molecular flexibility index (Phi) is 5.00. The van der Waals surface area contributed by atoms with Crippen LogP contribution in [0.15, 0.2) is 0 Å². The predicted octanol–water partition coefficient (Wildman–Crippen LogP) is -0.196. The molecule has 1 atom stereocenters. The van der Waals surface area contributed by atoms with Gasteiger partial charge in [0.2, 0.25) is 0 Å². The van der Waals surface area contributed by atoms with Crippen molar-refractivity contribution in [2.75, 3.05) is 13.6 Å². The van der Waals surface area contributed by atoms with E-state index in [1.54, 1.807) is 0 Å². The van der Waals surface area contributed by atoms with Crippen molar-refractivity contribution in [3.63, 3.8) is 0 Å². The van der Waals surface area contributed by atoms with E-state index in [9.17, 15) is 8.42 Å². The molecule has 0 radical (unpaired) electrons. The molecule has 0 saturated heterocycles. The molecule has 0 bridgehead atoms. The van der Waals surface area contributed by atoms with Crippen molar-refractivity contribution >= 4 is 10.2 Å². The number of nitrogens with one attached hydrogen (secondary N) is 2. The van der Waals surface area contributed by atoms with Crippen molar-refractivity contribution in [3.05, 3.63) is 0 Å². The molecule has 0 aliphatic heterocycles. The highest BCUT2D eigenvalue weighted by Gasteiger charge is 2.27. The van der Waals surface area contributed by atoms with E-state index in [1.807, 2.05) is 20.8 Å². The number of nitrogens with two attached hydrogens (primary N) is 1. The lowest BCUT2D eigenvalue weighted by Crippen LogP contribution is -2.48. The fraction of sp³-hybridized carbons (Fsp3) is 1.00. The summed E-state index contributed by atoms with van der Waals surface area (Å²) < 4.78 is 27.3. The minimum atomic E-state index is -3.38. The van der Waals surface area contributed by atoms with Gasteiger partial charge in [0.25, 0.3) is 10.2 Å². The first-order chi connectivity index (χ1) is 6.23. The summed E-state index contributed by atoms with van der Waals surface area (Å²) in [5.41, 5.74) is 5.30. The van der Waals surface area contributed by atoms with E-state index < -0.39 is 10.2 Å². The second-order valence-corrected chi connectivity index (χ2v) is 5.97. The molecule has 0 aromatic carbocycles. The molecular weight excluding hydrogens is 202 g/mol. The highest BCUT2D eigenvalue weighted by Crippen LogP contribution is 2.21. The Bertz CT molecular complexity index is 256. The van der Waals surface area contributed by atoms with Gasteiger partial charge in [0.1, 0.15) is 0 Å². The molecule has 6 heteroatoms. The van der Waals surface area contributed by atoms with Crippen molar-refractivity contribution in [3.8, 4) is 0 Å². The van der Waals surface area contributed by atoms with Gasteiger partial charge < -0.3 is 5.73 Å². The van der Waals surface area contributed by atoms with Crippen LogP contribution in [0, 0.1) is 5.41 Å². The third kappa shape index (κ3) is 4.90. The summed E-state index contributed by atoms with van der Waals surface area (Å²) in [6.07, 6.45) is 0.629. The Morgan fingerprint density at radius 2 is 1.86 bits per heavy atom. The molecule has 0 amide bonds. The lowest BCUT2D eigenvalue weighted by molar-refractivity contribution is 0.286. The highest BCUT2D eigenvalue weighted by molar-refractivity contribution is 7.87. The summed E-state index contributed by atoms with van der Waals surface area (Å²) in [7, 11) is -2.00. The van der Waals surface area contributed by atoms with Gasteiger partial charge in [-0.15, -0.1) is 0 Å². The minimum Gasteiger partial charge on any atom is -0.330 e. The zero-order valence-electron chi connectivity index (χ0n) is 9.29. The van der Waals surface area contributed by atoms with Crippen molar-refractivity contribution in [1.82, 2.24) is 9.44 Å². The van der Waals surface area contributed by atoms with Crippen LogP contribution in [0.5, 0.6) is 0 Å². The number of hydrogen-bond acceptors (Lipinski definition) is 3. The normalized spacial score (nSPS) is 15.5. The fourth-order valence-electron chi connectivity index (χ4n) is 1.08. The monoisotopic (exact) mass is 223 g/mol. The predicted molar refractivity (Wildman–Crippen MR) is 58.0 cm³/mol. The van der Waals surface area contributed by atoms with Gasteiger partial charge >= 0.3 is 0 Å². The largest absolute Gasteiger partial charge is 0.330 e. The maximum Gasteiger partial charge on any atom is 0.276 e. The van der Waals surface area contributed by atoms with E-state index in [0.717, 1.165) is 0 Å². The summed E-state index contributed by atoms with van der Waals surface area (Å²) in [6.45, 7) is 6.40. The van der Waals surface area contributed by atoms with Crippen LogP contribution >= 0.6 is 0 Å². The molecule has 0 fully saturated rings. The Labute approximate surface area is 86.6 Å². The molecule has 0 aromatic rings. The van der Waals surface area contributed by atoms with E-state index in [-0.39, 0.29) is 11.5 Å². The minimum absolute atomic E-state index is 0.136. The molecule has 5 nitrogen and oxygen atoms in total. The van der Waals surface area contributed by atoms with Crippen molar-refractivity contribution in [1.29, 1.82) is 0 Å². The molecule has 0 aliphatic rings. The zero-order chi connectivity index (χ0) is 11.4. The molecule has 4 N–H and O–H groups in total. The number of hydrogen-bond donors (Lipinski definition) is 3. The number of rotatable bonds is 5. The molecule has 0 rings (SSSR count). The van der Waals surface area contributed by atoms with Crippen LogP contribution < -0.4 is 15.2 Å². The van der Waals surface area contributed by atoms with Crippen molar-refractivity contribution in [2.45, 2.75) is 33.2 Å². The lowest BCUT2D eigenvalue weighted by atomic mass is 9.85. The van der Waals surface area contributed by atoms with E-state index in [1.165, 1.54) is 7.05 Å². The van der Waals surface area contributed by atoms with Gasteiger partial charge in [-0.2, -0.15) is 13.1 Å². The lowest BCUT2D eigenvalue weighted by Gasteiger charge is -2.30. The van der Waals surface area contributed by atoms with E-state index >= 15 is 0 Å². The topological polar surface area (TPSA) is 84.2 Å². The van der Waals surface area contributed by atoms with Crippen LogP contribution in [0.4, 0.5) is 0 Å². The first kappa shape index (κ1) is 13.8. The Morgan fingerprint density at radius 3 is 2.14 bits per heavy atom. The smallest absolute Gasteiger partial charge is 0.276 e. The summed E-state index contributed by atoms with van der Waals surface area (Å²) in [5.74, 6) is 0. The van der Waals surface area contributed by atoms with Crippen LogP contribution in [-0.2, 0) is 10.2 Å². The van der Waals surface area contributed by atoms with Gasteiger partial charge in [-0.25, -0.2) is 4.72 Å². The third-order valence-corrected chi connectivity index (χ3v) is 3.20. The Morgan fingerprint density at radius 1 is 1.36 bits per heavy atom. The van der Waals surface area contributed by atoms with Crippen LogP contribution in [0.25, 0.3) is 0 Å². The first-order valence-corrected chi connectivity index (χ1v) is 6.12. The average molecular weight is 223 g/mol. The summed E-state index contributed by atoms with van der Waals surface area (Å²) >= 11 is 0. The summed E-state index contributed by atoms with van der Waals surface area (Å²) in [4.78, 5) is 0. The summed E-state index contributed by atoms with van der Waals surface area (Å²) in [5, 5.41) is 0. The molecular formula is C8H21N3O2S. The molecule has 1 unspecified atom stereocenters. The van der Waals surface area contributed by atoms with Crippen LogP contribution in [0.2, 0.25) is 0 Å². The summed E-state index contributed by atoms with van der Waals surface area (Å²) in [6, 6.07) is -0.148. The van der Waals surface area contributed by atoms with Crippen LogP contribution in [-0.4, -0.2) is 28.1 Å². The first-order valence-electron chi connectivity index (χ1n) is 4.64. The molecule has 0 aliphatic carbocycles. The van der Waals surface area contributed by atoms with Gasteiger partial charge in [0, 0.05) is 13.1 Å². The maximum atomic E-state index is 11.3. The third-order valence-electron chi connectivity index (χ3n) is 2.07. The van der Waals surface area contributed by atoms with Crippen molar-refractivity contribution < 1.29 is 8.42 Å².